The highest BCUT2D eigenvalue weighted by molar-refractivity contribution is 7.98. The molecule has 5 nitrogen and oxygen atoms in total. The first-order valence-corrected chi connectivity index (χ1v) is 11.1. The van der Waals surface area contributed by atoms with Gasteiger partial charge in [-0.3, -0.25) is 10.2 Å². The van der Waals surface area contributed by atoms with Crippen LogP contribution < -0.4 is 10.7 Å². The van der Waals surface area contributed by atoms with Crippen LogP contribution in [0.1, 0.15) is 25.3 Å². The Morgan fingerprint density at radius 2 is 1.93 bits per heavy atom. The number of amides is 1. The van der Waals surface area contributed by atoms with E-state index in [2.05, 4.69) is 39.2 Å². The molecule has 0 fully saturated rings. The summed E-state index contributed by atoms with van der Waals surface area (Å²) < 4.78 is 0. The van der Waals surface area contributed by atoms with Crippen molar-refractivity contribution in [2.45, 2.75) is 24.7 Å². The van der Waals surface area contributed by atoms with E-state index in [9.17, 15) is 4.79 Å². The molecule has 3 rings (SSSR count). The smallest absolute Gasteiger partial charge is 0.224 e. The topological polar surface area (TPSA) is 66.4 Å². The Bertz CT molecular complexity index is 934. The van der Waals surface area contributed by atoms with E-state index in [0.29, 0.717) is 6.42 Å². The first-order chi connectivity index (χ1) is 13.7. The van der Waals surface area contributed by atoms with Crippen molar-refractivity contribution >= 4 is 46.0 Å². The standard InChI is InChI=1S/C21H22N4OS2/c1-3-4-20(26)23-17-9-7-16(8-10-17)19-14-28-21(24-19)25-22-13-15-5-11-18(27-2)12-6-15/h5-14H,3-4H2,1-2H3,(H,23,26)(H,24,25)/b22-13-. The minimum Gasteiger partial charge on any atom is -0.326 e. The number of hydrazone groups is 1. The normalized spacial score (nSPS) is 10.9. The number of nitrogens with one attached hydrogen (secondary N) is 2. The van der Waals surface area contributed by atoms with Crippen molar-refractivity contribution in [1.29, 1.82) is 0 Å². The Morgan fingerprint density at radius 1 is 1.18 bits per heavy atom. The number of hydrogen-bond acceptors (Lipinski definition) is 6. The Kier molecular flexibility index (Phi) is 7.22. The first-order valence-electron chi connectivity index (χ1n) is 8.97. The molecule has 0 aliphatic heterocycles. The van der Waals surface area contributed by atoms with Crippen LogP contribution in [0.15, 0.2) is 63.9 Å². The summed E-state index contributed by atoms with van der Waals surface area (Å²) in [4.78, 5) is 17.5. The molecule has 7 heteroatoms. The number of carbonyl (C=O) groups excluding carboxylic acids is 1. The second-order valence-electron chi connectivity index (χ2n) is 6.06. The largest absolute Gasteiger partial charge is 0.326 e. The summed E-state index contributed by atoms with van der Waals surface area (Å²) in [6.07, 6.45) is 5.20. The van der Waals surface area contributed by atoms with Gasteiger partial charge < -0.3 is 5.32 Å². The number of hydrogen-bond donors (Lipinski definition) is 2. The van der Waals surface area contributed by atoms with Crippen LogP contribution in [0.25, 0.3) is 11.3 Å². The molecular weight excluding hydrogens is 388 g/mol. The van der Waals surface area contributed by atoms with Crippen LogP contribution in [-0.4, -0.2) is 23.4 Å². The number of aromatic nitrogens is 1. The van der Waals surface area contributed by atoms with Crippen LogP contribution in [-0.2, 0) is 4.79 Å². The van der Waals surface area contributed by atoms with Crippen molar-refractivity contribution in [2.75, 3.05) is 17.0 Å². The molecule has 1 amide bonds. The van der Waals surface area contributed by atoms with Crippen LogP contribution in [0.2, 0.25) is 0 Å². The SMILES string of the molecule is CCCC(=O)Nc1ccc(-c2csc(N/N=C\c3ccc(SC)cc3)n2)cc1. The molecule has 0 bridgehead atoms. The molecule has 0 atom stereocenters. The summed E-state index contributed by atoms with van der Waals surface area (Å²) in [5.74, 6) is 0.0383. The maximum atomic E-state index is 11.7. The van der Waals surface area contributed by atoms with Gasteiger partial charge in [0.25, 0.3) is 0 Å². The third-order valence-corrected chi connectivity index (χ3v) is 5.43. The van der Waals surface area contributed by atoms with E-state index in [4.69, 9.17) is 0 Å². The molecule has 0 saturated carbocycles. The third kappa shape index (κ3) is 5.68. The maximum Gasteiger partial charge on any atom is 0.224 e. The van der Waals surface area contributed by atoms with Gasteiger partial charge in [-0.15, -0.1) is 23.1 Å². The highest BCUT2D eigenvalue weighted by Gasteiger charge is 2.05. The lowest BCUT2D eigenvalue weighted by atomic mass is 10.1. The van der Waals surface area contributed by atoms with Crippen molar-refractivity contribution in [1.82, 2.24) is 4.98 Å². The predicted octanol–water partition coefficient (Wildman–Crippen LogP) is 5.72. The number of thioether (sulfide) groups is 1. The van der Waals surface area contributed by atoms with Gasteiger partial charge in [0.1, 0.15) is 0 Å². The van der Waals surface area contributed by atoms with Gasteiger partial charge in [-0.25, -0.2) is 4.98 Å². The average molecular weight is 411 g/mol. The lowest BCUT2D eigenvalue weighted by Gasteiger charge is -2.04. The van der Waals surface area contributed by atoms with Gasteiger partial charge in [-0.05, 0) is 42.5 Å². The molecule has 0 radical (unpaired) electrons. The summed E-state index contributed by atoms with van der Waals surface area (Å²) in [6, 6.07) is 15.9. The summed E-state index contributed by atoms with van der Waals surface area (Å²) >= 11 is 3.21. The minimum absolute atomic E-state index is 0.0383. The monoisotopic (exact) mass is 410 g/mol. The van der Waals surface area contributed by atoms with E-state index in [1.165, 1.54) is 16.2 Å². The molecule has 2 aromatic carbocycles. The number of anilines is 2. The first kappa shape index (κ1) is 20.1. The summed E-state index contributed by atoms with van der Waals surface area (Å²) in [5, 5.41) is 9.86. The van der Waals surface area contributed by atoms with Gasteiger partial charge in [0.15, 0.2) is 0 Å². The quantitative estimate of drug-likeness (QED) is 0.283. The van der Waals surface area contributed by atoms with E-state index < -0.39 is 0 Å². The molecule has 1 aromatic heterocycles. The zero-order valence-corrected chi connectivity index (χ0v) is 17.4. The van der Waals surface area contributed by atoms with Gasteiger partial charge in [-0.2, -0.15) is 5.10 Å². The van der Waals surface area contributed by atoms with Crippen molar-refractivity contribution in [3.63, 3.8) is 0 Å². The molecular formula is C21H22N4OS2. The number of rotatable bonds is 8. The van der Waals surface area contributed by atoms with Crippen LogP contribution in [0.4, 0.5) is 10.8 Å². The fourth-order valence-electron chi connectivity index (χ4n) is 2.48. The van der Waals surface area contributed by atoms with E-state index in [-0.39, 0.29) is 5.91 Å². The summed E-state index contributed by atoms with van der Waals surface area (Å²) in [7, 11) is 0. The van der Waals surface area contributed by atoms with E-state index in [0.717, 1.165) is 34.1 Å². The van der Waals surface area contributed by atoms with Crippen LogP contribution >= 0.6 is 23.1 Å². The molecule has 0 unspecified atom stereocenters. The molecule has 2 N–H and O–H groups in total. The maximum absolute atomic E-state index is 11.7. The van der Waals surface area contributed by atoms with Gasteiger partial charge in [-0.1, -0.05) is 31.2 Å². The van der Waals surface area contributed by atoms with Crippen molar-refractivity contribution < 1.29 is 4.79 Å². The molecule has 0 aliphatic rings. The second kappa shape index (κ2) is 10.1. The fraction of sp³-hybridized carbons (Fsp3) is 0.190. The second-order valence-corrected chi connectivity index (χ2v) is 7.79. The zero-order valence-electron chi connectivity index (χ0n) is 15.8. The Hall–Kier alpha value is -2.64. The zero-order chi connectivity index (χ0) is 19.8. The Morgan fingerprint density at radius 3 is 2.61 bits per heavy atom. The van der Waals surface area contributed by atoms with Crippen LogP contribution in [0.5, 0.6) is 0 Å². The molecule has 0 saturated heterocycles. The lowest BCUT2D eigenvalue weighted by Crippen LogP contribution is -2.10. The third-order valence-electron chi connectivity index (χ3n) is 3.94. The number of thiazole rings is 1. The van der Waals surface area contributed by atoms with Gasteiger partial charge in [0.05, 0.1) is 11.9 Å². The molecule has 3 aromatic rings. The van der Waals surface area contributed by atoms with E-state index in [1.54, 1.807) is 18.0 Å². The highest BCUT2D eigenvalue weighted by Crippen LogP contribution is 2.26. The van der Waals surface area contributed by atoms with Crippen molar-refractivity contribution in [2.24, 2.45) is 5.10 Å². The Labute approximate surface area is 173 Å². The van der Waals surface area contributed by atoms with E-state index >= 15 is 0 Å². The number of carbonyl (C=O) groups is 1. The number of nitrogens with zero attached hydrogens (tertiary/aromatic N) is 2. The molecule has 0 aliphatic carbocycles. The minimum atomic E-state index is 0.0383. The molecule has 1 heterocycles. The Balaban J connectivity index is 1.58. The summed E-state index contributed by atoms with van der Waals surface area (Å²) in [6.45, 7) is 1.99. The lowest BCUT2D eigenvalue weighted by molar-refractivity contribution is -0.116. The predicted molar refractivity (Wildman–Crippen MR) is 121 cm³/mol. The highest BCUT2D eigenvalue weighted by atomic mass is 32.2. The molecule has 144 valence electrons. The van der Waals surface area contributed by atoms with E-state index in [1.807, 2.05) is 48.7 Å². The van der Waals surface area contributed by atoms with Gasteiger partial charge >= 0.3 is 0 Å². The fourth-order valence-corrected chi connectivity index (χ4v) is 3.56. The van der Waals surface area contributed by atoms with Crippen molar-refractivity contribution in [3.8, 4) is 11.3 Å². The van der Waals surface area contributed by atoms with Crippen LogP contribution in [0.3, 0.4) is 0 Å². The van der Waals surface area contributed by atoms with Crippen molar-refractivity contribution in [3.05, 3.63) is 59.5 Å². The number of benzene rings is 2. The van der Waals surface area contributed by atoms with Gasteiger partial charge in [0.2, 0.25) is 11.0 Å². The molecule has 28 heavy (non-hydrogen) atoms. The average Bonchev–Trinajstić information content (AvgIpc) is 3.18. The molecule has 0 spiro atoms. The summed E-state index contributed by atoms with van der Waals surface area (Å²) in [5.41, 5.74) is 6.68. The van der Waals surface area contributed by atoms with Crippen LogP contribution in [0, 0.1) is 0 Å². The van der Waals surface area contributed by atoms with Gasteiger partial charge in [0, 0.05) is 27.9 Å².